The third-order valence-corrected chi connectivity index (χ3v) is 4.51. The van der Waals surface area contributed by atoms with Crippen LogP contribution in [0.25, 0.3) is 0 Å². The number of benzene rings is 2. The Kier molecular flexibility index (Phi) is 5.84. The van der Waals surface area contributed by atoms with E-state index in [1.54, 1.807) is 30.2 Å². The Labute approximate surface area is 153 Å². The lowest BCUT2D eigenvalue weighted by Gasteiger charge is -2.24. The fraction of sp³-hybridized carbons (Fsp3) is 0.227. The summed E-state index contributed by atoms with van der Waals surface area (Å²) in [6.07, 6.45) is 2.42. The molecule has 134 valence electrons. The number of halogens is 1. The van der Waals surface area contributed by atoms with Gasteiger partial charge in [0.1, 0.15) is 11.6 Å². The van der Waals surface area contributed by atoms with Gasteiger partial charge in [-0.2, -0.15) is 0 Å². The summed E-state index contributed by atoms with van der Waals surface area (Å²) < 4.78 is 18.7. The molecule has 26 heavy (non-hydrogen) atoms. The van der Waals surface area contributed by atoms with Crippen LogP contribution >= 0.6 is 0 Å². The van der Waals surface area contributed by atoms with Gasteiger partial charge in [0.15, 0.2) is 0 Å². The van der Waals surface area contributed by atoms with Crippen molar-refractivity contribution >= 4 is 5.91 Å². The summed E-state index contributed by atoms with van der Waals surface area (Å²) in [5, 5.41) is 0. The topological polar surface area (TPSA) is 33.5 Å². The normalized spacial score (nSPS) is 11.9. The molecule has 3 aromatic rings. The standard InChI is InChI=1S/C22H22FNO2/c1-17(25)24(16-18-9-11-20(23)12-10-18)14-13-21(22-8-5-15-26-22)19-6-3-2-4-7-19/h2-12,15,21H,13-14,16H2,1H3/t21-/m0/s1. The van der Waals surface area contributed by atoms with E-state index in [-0.39, 0.29) is 17.6 Å². The fourth-order valence-electron chi connectivity index (χ4n) is 3.09. The predicted octanol–water partition coefficient (Wildman–Crippen LogP) is 4.99. The summed E-state index contributed by atoms with van der Waals surface area (Å²) in [6.45, 7) is 2.62. The van der Waals surface area contributed by atoms with E-state index in [4.69, 9.17) is 4.42 Å². The van der Waals surface area contributed by atoms with Crippen LogP contribution in [0.2, 0.25) is 0 Å². The molecule has 0 aliphatic carbocycles. The smallest absolute Gasteiger partial charge is 0.219 e. The van der Waals surface area contributed by atoms with Gasteiger partial charge in [0.05, 0.1) is 6.26 Å². The maximum absolute atomic E-state index is 13.1. The Bertz CT molecular complexity index is 813. The average molecular weight is 351 g/mol. The van der Waals surface area contributed by atoms with Gasteiger partial charge in [-0.15, -0.1) is 0 Å². The van der Waals surface area contributed by atoms with E-state index in [1.165, 1.54) is 12.1 Å². The molecule has 3 rings (SSSR count). The molecule has 4 heteroatoms. The number of carbonyl (C=O) groups excluding carboxylic acids is 1. The Balaban J connectivity index is 1.73. The average Bonchev–Trinajstić information content (AvgIpc) is 3.18. The van der Waals surface area contributed by atoms with Gasteiger partial charge in [-0.1, -0.05) is 42.5 Å². The largest absolute Gasteiger partial charge is 0.469 e. The minimum absolute atomic E-state index is 0.000538. The molecule has 0 fully saturated rings. The molecular weight excluding hydrogens is 329 g/mol. The molecule has 1 atom stereocenters. The Morgan fingerprint density at radius 3 is 2.38 bits per heavy atom. The maximum atomic E-state index is 13.1. The Morgan fingerprint density at radius 2 is 1.77 bits per heavy atom. The predicted molar refractivity (Wildman–Crippen MR) is 99.1 cm³/mol. The van der Waals surface area contributed by atoms with Crippen LogP contribution in [0.1, 0.15) is 36.1 Å². The summed E-state index contributed by atoms with van der Waals surface area (Å²) in [5.74, 6) is 0.702. The zero-order valence-corrected chi connectivity index (χ0v) is 14.8. The zero-order chi connectivity index (χ0) is 18.4. The molecule has 2 aromatic carbocycles. The van der Waals surface area contributed by atoms with Crippen molar-refractivity contribution in [2.24, 2.45) is 0 Å². The molecule has 1 aromatic heterocycles. The molecule has 0 radical (unpaired) electrons. The third kappa shape index (κ3) is 4.60. The summed E-state index contributed by atoms with van der Waals surface area (Å²) in [4.78, 5) is 13.9. The first-order valence-electron chi connectivity index (χ1n) is 8.72. The minimum atomic E-state index is -0.273. The van der Waals surface area contributed by atoms with Crippen LogP contribution < -0.4 is 0 Å². The van der Waals surface area contributed by atoms with E-state index < -0.39 is 0 Å². The molecule has 0 saturated heterocycles. The molecule has 0 saturated carbocycles. The first-order valence-corrected chi connectivity index (χ1v) is 8.72. The van der Waals surface area contributed by atoms with Crippen molar-refractivity contribution in [2.75, 3.05) is 6.54 Å². The number of hydrogen-bond acceptors (Lipinski definition) is 2. The molecule has 1 amide bonds. The van der Waals surface area contributed by atoms with Crippen molar-refractivity contribution in [1.82, 2.24) is 4.90 Å². The maximum Gasteiger partial charge on any atom is 0.219 e. The van der Waals surface area contributed by atoms with E-state index in [0.717, 1.165) is 23.3 Å². The monoisotopic (exact) mass is 351 g/mol. The quantitative estimate of drug-likeness (QED) is 0.601. The van der Waals surface area contributed by atoms with Crippen LogP contribution in [-0.2, 0) is 11.3 Å². The van der Waals surface area contributed by atoms with Gasteiger partial charge in [-0.3, -0.25) is 4.79 Å². The van der Waals surface area contributed by atoms with Crippen LogP contribution in [0.15, 0.2) is 77.4 Å². The van der Waals surface area contributed by atoms with Gasteiger partial charge in [0, 0.05) is 25.9 Å². The Hall–Kier alpha value is -2.88. The Morgan fingerprint density at radius 1 is 1.04 bits per heavy atom. The first-order chi connectivity index (χ1) is 12.6. The molecule has 0 aliphatic heterocycles. The fourth-order valence-corrected chi connectivity index (χ4v) is 3.09. The van der Waals surface area contributed by atoms with Crippen LogP contribution in [0, 0.1) is 5.82 Å². The number of furan rings is 1. The van der Waals surface area contributed by atoms with Crippen LogP contribution in [0.3, 0.4) is 0 Å². The van der Waals surface area contributed by atoms with Crippen molar-refractivity contribution in [3.63, 3.8) is 0 Å². The first kappa shape index (κ1) is 17.9. The third-order valence-electron chi connectivity index (χ3n) is 4.51. The highest BCUT2D eigenvalue weighted by Gasteiger charge is 2.19. The van der Waals surface area contributed by atoms with E-state index >= 15 is 0 Å². The molecule has 1 heterocycles. The van der Waals surface area contributed by atoms with Crippen LogP contribution in [-0.4, -0.2) is 17.4 Å². The van der Waals surface area contributed by atoms with Gasteiger partial charge >= 0.3 is 0 Å². The van der Waals surface area contributed by atoms with E-state index in [1.807, 2.05) is 30.3 Å². The number of rotatable bonds is 7. The highest BCUT2D eigenvalue weighted by atomic mass is 19.1. The van der Waals surface area contributed by atoms with Gasteiger partial charge in [0.25, 0.3) is 0 Å². The van der Waals surface area contributed by atoms with Crippen LogP contribution in [0.5, 0.6) is 0 Å². The molecule has 0 spiro atoms. The number of carbonyl (C=O) groups is 1. The van der Waals surface area contributed by atoms with Gasteiger partial charge < -0.3 is 9.32 Å². The zero-order valence-electron chi connectivity index (χ0n) is 14.8. The van der Waals surface area contributed by atoms with Crippen LogP contribution in [0.4, 0.5) is 4.39 Å². The van der Waals surface area contributed by atoms with Crippen molar-refractivity contribution in [1.29, 1.82) is 0 Å². The number of hydrogen-bond donors (Lipinski definition) is 0. The number of nitrogens with zero attached hydrogens (tertiary/aromatic N) is 1. The lowest BCUT2D eigenvalue weighted by Crippen LogP contribution is -2.30. The second-order valence-corrected chi connectivity index (χ2v) is 6.33. The van der Waals surface area contributed by atoms with Crippen molar-refractivity contribution < 1.29 is 13.6 Å². The number of amides is 1. The molecule has 0 bridgehead atoms. The van der Waals surface area contributed by atoms with E-state index in [2.05, 4.69) is 12.1 Å². The van der Waals surface area contributed by atoms with Crippen molar-refractivity contribution in [3.05, 3.63) is 95.7 Å². The molecule has 0 unspecified atom stereocenters. The summed E-state index contributed by atoms with van der Waals surface area (Å²) >= 11 is 0. The molecule has 0 aliphatic rings. The van der Waals surface area contributed by atoms with Gasteiger partial charge in [-0.05, 0) is 41.8 Å². The lowest BCUT2D eigenvalue weighted by molar-refractivity contribution is -0.129. The summed E-state index contributed by atoms with van der Waals surface area (Å²) in [7, 11) is 0. The van der Waals surface area contributed by atoms with Crippen molar-refractivity contribution in [3.8, 4) is 0 Å². The SMILES string of the molecule is CC(=O)N(CC[C@@H](c1ccccc1)c1ccco1)Cc1ccc(F)cc1. The van der Waals surface area contributed by atoms with E-state index in [9.17, 15) is 9.18 Å². The van der Waals surface area contributed by atoms with Gasteiger partial charge in [-0.25, -0.2) is 4.39 Å². The minimum Gasteiger partial charge on any atom is -0.469 e. The summed E-state index contributed by atoms with van der Waals surface area (Å²) in [5.41, 5.74) is 2.07. The van der Waals surface area contributed by atoms with Crippen molar-refractivity contribution in [2.45, 2.75) is 25.8 Å². The van der Waals surface area contributed by atoms with Gasteiger partial charge in [0.2, 0.25) is 5.91 Å². The second kappa shape index (κ2) is 8.48. The molecular formula is C22H22FNO2. The molecule has 0 N–H and O–H groups in total. The second-order valence-electron chi connectivity index (χ2n) is 6.33. The van der Waals surface area contributed by atoms with E-state index in [0.29, 0.717) is 13.1 Å². The highest BCUT2D eigenvalue weighted by Crippen LogP contribution is 2.28. The highest BCUT2D eigenvalue weighted by molar-refractivity contribution is 5.73. The summed E-state index contributed by atoms with van der Waals surface area (Å²) in [6, 6.07) is 20.3. The molecule has 3 nitrogen and oxygen atoms in total. The lowest BCUT2D eigenvalue weighted by atomic mass is 9.93.